The molecule has 5 rings (SSSR count). The number of benzene rings is 1. The van der Waals surface area contributed by atoms with Crippen LogP contribution in [0.2, 0.25) is 0 Å². The summed E-state index contributed by atoms with van der Waals surface area (Å²) in [6.07, 6.45) is 4.46. The molecule has 0 saturated heterocycles. The van der Waals surface area contributed by atoms with Gasteiger partial charge in [-0.1, -0.05) is 52.0 Å². The van der Waals surface area contributed by atoms with E-state index in [1.807, 2.05) is 28.1 Å². The minimum absolute atomic E-state index is 0.0831. The van der Waals surface area contributed by atoms with Gasteiger partial charge in [0.2, 0.25) is 0 Å². The first kappa shape index (κ1) is 23.4. The molecule has 178 valence electrons. The number of fused-ring (bicyclic) bond motifs is 1. The van der Waals surface area contributed by atoms with Crippen molar-refractivity contribution in [2.24, 2.45) is 5.41 Å². The highest BCUT2D eigenvalue weighted by molar-refractivity contribution is 7.13. The third-order valence-electron chi connectivity index (χ3n) is 6.74. The summed E-state index contributed by atoms with van der Waals surface area (Å²) in [5.74, 6) is 0.0831. The molecule has 0 fully saturated rings. The van der Waals surface area contributed by atoms with E-state index in [4.69, 9.17) is 4.98 Å². The summed E-state index contributed by atoms with van der Waals surface area (Å²) in [4.78, 5) is 36.8. The largest absolute Gasteiger partial charge is 0.294 e. The fourth-order valence-corrected chi connectivity index (χ4v) is 5.86. The Labute approximate surface area is 209 Å². The molecule has 5 nitrogen and oxygen atoms in total. The highest BCUT2D eigenvalue weighted by Crippen LogP contribution is 2.38. The Bertz CT molecular complexity index is 1460. The Morgan fingerprint density at radius 1 is 0.943 bits per heavy atom. The first-order valence-corrected chi connectivity index (χ1v) is 13.0. The van der Waals surface area contributed by atoms with Gasteiger partial charge < -0.3 is 0 Å². The molecular formula is C29H29N3O2S. The maximum atomic E-state index is 14.2. The number of hydrogen-bond donors (Lipinski definition) is 0. The zero-order valence-corrected chi connectivity index (χ0v) is 21.4. The monoisotopic (exact) mass is 483 g/mol. The van der Waals surface area contributed by atoms with Crippen molar-refractivity contribution in [3.8, 4) is 27.6 Å². The van der Waals surface area contributed by atoms with Gasteiger partial charge in [0.15, 0.2) is 5.78 Å². The van der Waals surface area contributed by atoms with E-state index in [1.165, 1.54) is 11.3 Å². The molecule has 0 saturated carbocycles. The molecule has 4 aromatic rings. The molecule has 6 heteroatoms. The normalized spacial score (nSPS) is 14.7. The van der Waals surface area contributed by atoms with E-state index in [1.54, 1.807) is 12.3 Å². The Morgan fingerprint density at radius 2 is 1.69 bits per heavy atom. The maximum Gasteiger partial charge on any atom is 0.265 e. The number of ketones is 1. The van der Waals surface area contributed by atoms with Crippen LogP contribution >= 0.6 is 11.3 Å². The number of carbonyl (C=O) groups excluding carboxylic acids is 1. The number of aryl methyl sites for hydroxylation is 2. The van der Waals surface area contributed by atoms with Crippen LogP contribution in [0.1, 0.15) is 61.3 Å². The molecule has 35 heavy (non-hydrogen) atoms. The Morgan fingerprint density at radius 3 is 2.34 bits per heavy atom. The number of hydrogen-bond acceptors (Lipinski definition) is 5. The lowest BCUT2D eigenvalue weighted by molar-refractivity contribution is 0.0909. The maximum absolute atomic E-state index is 14.2. The zero-order valence-electron chi connectivity index (χ0n) is 20.6. The standard InChI is InChI=1S/C29H29N3O2S/c1-5-18-10-9-11-19(6-2)26(18)32-24-15-29(3,4)16-25(33)20(24)14-21(28(32)34)27-31-23(17-35-27)22-12-7-8-13-30-22/h7-14,17H,5-6,15-16H2,1-4H3. The van der Waals surface area contributed by atoms with Crippen LogP contribution in [-0.2, 0) is 19.3 Å². The van der Waals surface area contributed by atoms with Crippen LogP contribution in [0, 0.1) is 5.41 Å². The molecule has 0 N–H and O–H groups in total. The summed E-state index contributed by atoms with van der Waals surface area (Å²) in [7, 11) is 0. The summed E-state index contributed by atoms with van der Waals surface area (Å²) in [6.45, 7) is 8.41. The van der Waals surface area contributed by atoms with Gasteiger partial charge in [0.05, 0.1) is 16.9 Å². The first-order valence-electron chi connectivity index (χ1n) is 12.1. The Hall–Kier alpha value is -3.38. The molecule has 0 spiro atoms. The highest BCUT2D eigenvalue weighted by Gasteiger charge is 2.35. The fourth-order valence-electron chi connectivity index (χ4n) is 5.04. The van der Waals surface area contributed by atoms with Crippen molar-refractivity contribution in [2.45, 2.75) is 53.4 Å². The van der Waals surface area contributed by atoms with Crippen molar-refractivity contribution in [1.82, 2.24) is 14.5 Å². The molecule has 1 aromatic carbocycles. The summed E-state index contributed by atoms with van der Waals surface area (Å²) < 4.78 is 1.84. The summed E-state index contributed by atoms with van der Waals surface area (Å²) in [5, 5.41) is 2.53. The number of para-hydroxylation sites is 1. The van der Waals surface area contributed by atoms with Crippen LogP contribution in [0.3, 0.4) is 0 Å². The quantitative estimate of drug-likeness (QED) is 0.334. The third-order valence-corrected chi connectivity index (χ3v) is 7.61. The van der Waals surface area contributed by atoms with Crippen molar-refractivity contribution in [2.75, 3.05) is 0 Å². The zero-order chi connectivity index (χ0) is 24.7. The van der Waals surface area contributed by atoms with Crippen LogP contribution in [0.5, 0.6) is 0 Å². The molecule has 3 aromatic heterocycles. The van der Waals surface area contributed by atoms with Crippen LogP contribution < -0.4 is 5.56 Å². The van der Waals surface area contributed by atoms with Crippen molar-refractivity contribution in [3.63, 3.8) is 0 Å². The van der Waals surface area contributed by atoms with E-state index in [2.05, 4.69) is 50.9 Å². The average Bonchev–Trinajstić information content (AvgIpc) is 3.33. The molecule has 0 aliphatic heterocycles. The van der Waals surface area contributed by atoms with E-state index in [0.717, 1.165) is 46.7 Å². The van der Waals surface area contributed by atoms with Gasteiger partial charge in [-0.2, -0.15) is 0 Å². The van der Waals surface area contributed by atoms with Crippen LogP contribution in [0.4, 0.5) is 0 Å². The van der Waals surface area contributed by atoms with E-state index in [-0.39, 0.29) is 16.8 Å². The van der Waals surface area contributed by atoms with Crippen molar-refractivity contribution in [1.29, 1.82) is 0 Å². The molecule has 3 heterocycles. The van der Waals surface area contributed by atoms with Crippen molar-refractivity contribution >= 4 is 17.1 Å². The summed E-state index contributed by atoms with van der Waals surface area (Å²) >= 11 is 1.41. The topological polar surface area (TPSA) is 64.8 Å². The summed E-state index contributed by atoms with van der Waals surface area (Å²) in [6, 6.07) is 13.7. The van der Waals surface area contributed by atoms with Gasteiger partial charge >= 0.3 is 0 Å². The van der Waals surface area contributed by atoms with E-state index in [9.17, 15) is 9.59 Å². The molecule has 0 unspecified atom stereocenters. The van der Waals surface area contributed by atoms with Crippen molar-refractivity contribution in [3.05, 3.63) is 86.8 Å². The highest BCUT2D eigenvalue weighted by atomic mass is 32.1. The van der Waals surface area contributed by atoms with Gasteiger partial charge in [0.25, 0.3) is 5.56 Å². The average molecular weight is 484 g/mol. The Balaban J connectivity index is 1.81. The van der Waals surface area contributed by atoms with Gasteiger partial charge in [-0.3, -0.25) is 19.1 Å². The van der Waals surface area contributed by atoms with Gasteiger partial charge in [0.1, 0.15) is 10.7 Å². The van der Waals surface area contributed by atoms with Gasteiger partial charge in [-0.05, 0) is 54.0 Å². The number of thiazole rings is 1. The van der Waals surface area contributed by atoms with Gasteiger partial charge in [-0.15, -0.1) is 11.3 Å². The minimum atomic E-state index is -0.208. The van der Waals surface area contributed by atoms with Gasteiger partial charge in [0, 0.05) is 29.3 Å². The van der Waals surface area contributed by atoms with Crippen LogP contribution in [-0.4, -0.2) is 20.3 Å². The first-order chi connectivity index (χ1) is 16.8. The van der Waals surface area contributed by atoms with Crippen molar-refractivity contribution < 1.29 is 4.79 Å². The second kappa shape index (κ2) is 9.00. The minimum Gasteiger partial charge on any atom is -0.294 e. The van der Waals surface area contributed by atoms with E-state index in [0.29, 0.717) is 29.0 Å². The van der Waals surface area contributed by atoms with E-state index < -0.39 is 0 Å². The second-order valence-electron chi connectivity index (χ2n) is 9.88. The SMILES string of the molecule is CCc1cccc(CC)c1-n1c2c(cc(-c3nc(-c4ccccn4)cs3)c1=O)C(=O)CC(C)(C)C2. The lowest BCUT2D eigenvalue weighted by Gasteiger charge is -2.33. The molecule has 0 amide bonds. The predicted octanol–water partition coefficient (Wildman–Crippen LogP) is 6.30. The number of carbonyl (C=O) groups is 1. The third kappa shape index (κ3) is 4.16. The lowest BCUT2D eigenvalue weighted by atomic mass is 9.75. The number of pyridine rings is 2. The molecule has 0 radical (unpaired) electrons. The van der Waals surface area contributed by atoms with Gasteiger partial charge in [-0.25, -0.2) is 4.98 Å². The summed E-state index contributed by atoms with van der Waals surface area (Å²) in [5.41, 5.74) is 6.22. The number of nitrogens with zero attached hydrogens (tertiary/aromatic N) is 3. The number of aromatic nitrogens is 3. The van der Waals surface area contributed by atoms with Crippen LogP contribution in [0.15, 0.2) is 58.8 Å². The number of Topliss-reactive ketones (excluding diaryl/α,β-unsaturated/α-hetero) is 1. The second-order valence-corrected chi connectivity index (χ2v) is 10.7. The number of rotatable bonds is 5. The molecule has 1 aliphatic carbocycles. The molecule has 0 atom stereocenters. The fraction of sp³-hybridized carbons (Fsp3) is 0.310. The predicted molar refractivity (Wildman–Crippen MR) is 142 cm³/mol. The molecule has 0 bridgehead atoms. The molecule has 1 aliphatic rings. The van der Waals surface area contributed by atoms with Crippen LogP contribution in [0.25, 0.3) is 27.6 Å². The lowest BCUT2D eigenvalue weighted by Crippen LogP contribution is -2.35. The van der Waals surface area contributed by atoms with E-state index >= 15 is 0 Å². The molecular weight excluding hydrogens is 454 g/mol. The smallest absolute Gasteiger partial charge is 0.265 e. The Kier molecular flexibility index (Phi) is 6.01.